The van der Waals surface area contributed by atoms with Crippen molar-refractivity contribution in [3.63, 3.8) is 0 Å². The molecule has 0 radical (unpaired) electrons. The lowest BCUT2D eigenvalue weighted by Crippen LogP contribution is -2.33. The van der Waals surface area contributed by atoms with Crippen molar-refractivity contribution in [2.45, 2.75) is 19.1 Å². The van der Waals surface area contributed by atoms with Crippen LogP contribution < -0.4 is 16.4 Å². The fourth-order valence-corrected chi connectivity index (χ4v) is 2.22. The SMILES string of the molecule is CO[C@H]1CNCC1Nc1ccc(C(N)=O)cc1C. The normalized spacial score (nSPS) is 23.0. The van der Waals surface area contributed by atoms with Gasteiger partial charge in [-0.1, -0.05) is 0 Å². The molecule has 1 amide bonds. The number of amides is 1. The number of methoxy groups -OCH3 is 1. The van der Waals surface area contributed by atoms with Crippen LogP contribution in [-0.4, -0.2) is 38.3 Å². The predicted molar refractivity (Wildman–Crippen MR) is 70.8 cm³/mol. The van der Waals surface area contributed by atoms with Gasteiger partial charge in [0.05, 0.1) is 12.1 Å². The average Bonchev–Trinajstić information content (AvgIpc) is 2.78. The fraction of sp³-hybridized carbons (Fsp3) is 0.462. The van der Waals surface area contributed by atoms with Gasteiger partial charge in [-0.2, -0.15) is 0 Å². The minimum Gasteiger partial charge on any atom is -0.378 e. The number of hydrogen-bond donors (Lipinski definition) is 3. The summed E-state index contributed by atoms with van der Waals surface area (Å²) >= 11 is 0. The molecule has 1 fully saturated rings. The summed E-state index contributed by atoms with van der Waals surface area (Å²) in [5, 5.41) is 6.72. The minimum absolute atomic E-state index is 0.167. The summed E-state index contributed by atoms with van der Waals surface area (Å²) in [5.41, 5.74) is 7.80. The number of rotatable bonds is 4. The number of nitrogens with two attached hydrogens (primary N) is 1. The highest BCUT2D eigenvalue weighted by molar-refractivity contribution is 5.93. The van der Waals surface area contributed by atoms with Crippen LogP contribution in [0.1, 0.15) is 15.9 Å². The molecule has 2 rings (SSSR count). The molecule has 0 spiro atoms. The standard InChI is InChI=1S/C13H19N3O2/c1-8-5-9(13(14)17)3-4-10(8)16-11-6-15-7-12(11)18-2/h3-5,11-12,15-16H,6-7H2,1-2H3,(H2,14,17)/t11?,12-/m0/s1. The molecule has 18 heavy (non-hydrogen) atoms. The molecular weight excluding hydrogens is 230 g/mol. The Balaban J connectivity index is 2.12. The molecule has 0 aromatic heterocycles. The highest BCUT2D eigenvalue weighted by atomic mass is 16.5. The highest BCUT2D eigenvalue weighted by Crippen LogP contribution is 2.19. The van der Waals surface area contributed by atoms with E-state index in [4.69, 9.17) is 10.5 Å². The van der Waals surface area contributed by atoms with Gasteiger partial charge in [-0.3, -0.25) is 4.79 Å². The molecule has 0 bridgehead atoms. The zero-order valence-corrected chi connectivity index (χ0v) is 10.7. The topological polar surface area (TPSA) is 76.4 Å². The molecule has 0 saturated carbocycles. The van der Waals surface area contributed by atoms with Crippen LogP contribution in [0.15, 0.2) is 18.2 Å². The summed E-state index contributed by atoms with van der Waals surface area (Å²) in [5.74, 6) is -0.401. The van der Waals surface area contributed by atoms with Crippen LogP contribution in [0.4, 0.5) is 5.69 Å². The number of primary amides is 1. The lowest BCUT2D eigenvalue weighted by Gasteiger charge is -2.21. The van der Waals surface area contributed by atoms with E-state index in [0.29, 0.717) is 5.56 Å². The third kappa shape index (κ3) is 2.63. The molecule has 2 atom stereocenters. The number of hydrogen-bond acceptors (Lipinski definition) is 4. The van der Waals surface area contributed by atoms with Crippen molar-refractivity contribution in [2.24, 2.45) is 5.73 Å². The van der Waals surface area contributed by atoms with Gasteiger partial charge in [-0.05, 0) is 30.7 Å². The van der Waals surface area contributed by atoms with Crippen LogP contribution in [0.2, 0.25) is 0 Å². The van der Waals surface area contributed by atoms with Crippen LogP contribution in [0.25, 0.3) is 0 Å². The first kappa shape index (κ1) is 12.9. The average molecular weight is 249 g/mol. The van der Waals surface area contributed by atoms with E-state index >= 15 is 0 Å². The fourth-order valence-electron chi connectivity index (χ4n) is 2.22. The monoisotopic (exact) mass is 249 g/mol. The van der Waals surface area contributed by atoms with Gasteiger partial charge in [0, 0.05) is 31.5 Å². The third-order valence-corrected chi connectivity index (χ3v) is 3.31. The van der Waals surface area contributed by atoms with Crippen LogP contribution in [0.3, 0.4) is 0 Å². The number of benzene rings is 1. The number of anilines is 1. The lowest BCUT2D eigenvalue weighted by atomic mass is 10.1. The Morgan fingerprint density at radius 2 is 2.28 bits per heavy atom. The summed E-state index contributed by atoms with van der Waals surface area (Å²) in [7, 11) is 1.72. The molecule has 1 aromatic carbocycles. The van der Waals surface area contributed by atoms with E-state index in [0.717, 1.165) is 24.3 Å². The van der Waals surface area contributed by atoms with Gasteiger partial charge in [-0.25, -0.2) is 0 Å². The molecule has 98 valence electrons. The summed E-state index contributed by atoms with van der Waals surface area (Å²) < 4.78 is 5.40. The first-order valence-electron chi connectivity index (χ1n) is 6.02. The van der Waals surface area contributed by atoms with E-state index in [2.05, 4.69) is 10.6 Å². The lowest BCUT2D eigenvalue weighted by molar-refractivity contribution is 0.1000. The first-order chi connectivity index (χ1) is 8.61. The molecular formula is C13H19N3O2. The molecule has 5 nitrogen and oxygen atoms in total. The Labute approximate surface area is 107 Å². The molecule has 5 heteroatoms. The summed E-state index contributed by atoms with van der Waals surface area (Å²) in [6.07, 6.45) is 0.167. The van der Waals surface area contributed by atoms with Crippen LogP contribution in [0, 0.1) is 6.92 Å². The van der Waals surface area contributed by atoms with Crippen molar-refractivity contribution in [1.29, 1.82) is 0 Å². The highest BCUT2D eigenvalue weighted by Gasteiger charge is 2.26. The predicted octanol–water partition coefficient (Wildman–Crippen LogP) is 0.493. The van der Waals surface area contributed by atoms with Gasteiger partial charge in [-0.15, -0.1) is 0 Å². The van der Waals surface area contributed by atoms with Gasteiger partial charge < -0.3 is 21.1 Å². The second-order valence-corrected chi connectivity index (χ2v) is 4.58. The first-order valence-corrected chi connectivity index (χ1v) is 6.02. The van der Waals surface area contributed by atoms with Crippen molar-refractivity contribution in [3.8, 4) is 0 Å². The minimum atomic E-state index is -0.401. The molecule has 1 aliphatic heterocycles. The molecule has 0 aliphatic carbocycles. The third-order valence-electron chi connectivity index (χ3n) is 3.31. The Morgan fingerprint density at radius 3 is 2.89 bits per heavy atom. The Bertz CT molecular complexity index is 448. The van der Waals surface area contributed by atoms with E-state index in [9.17, 15) is 4.79 Å². The van der Waals surface area contributed by atoms with Crippen molar-refractivity contribution >= 4 is 11.6 Å². The summed E-state index contributed by atoms with van der Waals surface area (Å²) in [6, 6.07) is 5.67. The number of nitrogens with one attached hydrogen (secondary N) is 2. The zero-order chi connectivity index (χ0) is 13.1. The number of aryl methyl sites for hydroxylation is 1. The van der Waals surface area contributed by atoms with Crippen molar-refractivity contribution in [2.75, 3.05) is 25.5 Å². The zero-order valence-electron chi connectivity index (χ0n) is 10.7. The second kappa shape index (κ2) is 5.37. The molecule has 1 aromatic rings. The maximum Gasteiger partial charge on any atom is 0.248 e. The van der Waals surface area contributed by atoms with Gasteiger partial charge in [0.25, 0.3) is 0 Å². The van der Waals surface area contributed by atoms with E-state index in [-0.39, 0.29) is 12.1 Å². The second-order valence-electron chi connectivity index (χ2n) is 4.58. The van der Waals surface area contributed by atoms with E-state index in [1.807, 2.05) is 13.0 Å². The number of carbonyl (C=O) groups is 1. The largest absolute Gasteiger partial charge is 0.378 e. The maximum absolute atomic E-state index is 11.1. The van der Waals surface area contributed by atoms with Gasteiger partial charge in [0.1, 0.15) is 0 Å². The van der Waals surface area contributed by atoms with Crippen molar-refractivity contribution < 1.29 is 9.53 Å². The van der Waals surface area contributed by atoms with E-state index in [1.54, 1.807) is 19.2 Å². The summed E-state index contributed by atoms with van der Waals surface area (Å²) in [4.78, 5) is 11.1. The van der Waals surface area contributed by atoms with Gasteiger partial charge in [0.2, 0.25) is 5.91 Å². The smallest absolute Gasteiger partial charge is 0.248 e. The van der Waals surface area contributed by atoms with Crippen LogP contribution in [-0.2, 0) is 4.74 Å². The maximum atomic E-state index is 11.1. The van der Waals surface area contributed by atoms with Crippen molar-refractivity contribution in [3.05, 3.63) is 29.3 Å². The Kier molecular flexibility index (Phi) is 3.84. The molecule has 1 heterocycles. The van der Waals surface area contributed by atoms with Crippen LogP contribution >= 0.6 is 0 Å². The molecule has 1 unspecified atom stereocenters. The molecule has 1 aliphatic rings. The van der Waals surface area contributed by atoms with Gasteiger partial charge >= 0.3 is 0 Å². The molecule has 1 saturated heterocycles. The number of carbonyl (C=O) groups excluding carboxylic acids is 1. The quantitative estimate of drug-likeness (QED) is 0.726. The van der Waals surface area contributed by atoms with Crippen molar-refractivity contribution in [1.82, 2.24) is 5.32 Å². The Morgan fingerprint density at radius 1 is 1.50 bits per heavy atom. The van der Waals surface area contributed by atoms with E-state index in [1.165, 1.54) is 0 Å². The molecule has 4 N–H and O–H groups in total. The van der Waals surface area contributed by atoms with Crippen LogP contribution in [0.5, 0.6) is 0 Å². The van der Waals surface area contributed by atoms with E-state index < -0.39 is 5.91 Å². The summed E-state index contributed by atoms with van der Waals surface area (Å²) in [6.45, 7) is 3.68. The van der Waals surface area contributed by atoms with Gasteiger partial charge in [0.15, 0.2) is 0 Å². The number of ether oxygens (including phenoxy) is 1. The Hall–Kier alpha value is -1.59.